The smallest absolute Gasteiger partial charge is 0.227 e. The summed E-state index contributed by atoms with van der Waals surface area (Å²) in [5.41, 5.74) is 18.2. The van der Waals surface area contributed by atoms with Crippen LogP contribution in [0.2, 0.25) is 0 Å². The van der Waals surface area contributed by atoms with Gasteiger partial charge in [-0.2, -0.15) is 5.10 Å². The number of rotatable bonds is 10. The van der Waals surface area contributed by atoms with Gasteiger partial charge in [0.15, 0.2) is 17.4 Å². The van der Waals surface area contributed by atoms with Crippen molar-refractivity contribution in [1.82, 2.24) is 24.8 Å². The molecule has 12 heteroatoms. The molecule has 0 radical (unpaired) electrons. The number of carbonyl (C=O) groups excluding carboxylic acids is 1. The summed E-state index contributed by atoms with van der Waals surface area (Å²) in [5.74, 6) is 2.35. The quantitative estimate of drug-likeness (QED) is 0.166. The molecule has 35 heavy (non-hydrogen) atoms. The second kappa shape index (κ2) is 10.9. The fourth-order valence-electron chi connectivity index (χ4n) is 3.16. The first kappa shape index (κ1) is 24.9. The van der Waals surface area contributed by atoms with Crippen LogP contribution in [0.1, 0.15) is 12.5 Å². The molecular weight excluding hydrogens is 448 g/mol. The zero-order valence-corrected chi connectivity index (χ0v) is 20.3. The van der Waals surface area contributed by atoms with Gasteiger partial charge < -0.3 is 26.8 Å². The average molecular weight is 479 g/mol. The molecule has 3 aromatic rings. The van der Waals surface area contributed by atoms with Crippen molar-refractivity contribution in [2.24, 2.45) is 18.5 Å². The Morgan fingerprint density at radius 2 is 2.00 bits per heavy atom. The summed E-state index contributed by atoms with van der Waals surface area (Å²) in [4.78, 5) is 20.1. The first-order valence-corrected chi connectivity index (χ1v) is 10.6. The standard InChI is InChI=1S/C23H30N10O2/c1-14(24)9-10-19(25)28-20-11-18(15(2)22(29-20)30-33(4)13-34)27-17-8-6-7-16(21(17)35-5)23-26-12-32(3)31-23/h6-13H,24-25H2,1-5H3,(H3,27,28,29,30)/b14-9-,19-10+. The number of pyridine rings is 1. The van der Waals surface area contributed by atoms with E-state index in [1.807, 2.05) is 25.1 Å². The van der Waals surface area contributed by atoms with Gasteiger partial charge in [0.25, 0.3) is 0 Å². The number of carbonyl (C=O) groups is 1. The maximum absolute atomic E-state index is 11.2. The van der Waals surface area contributed by atoms with Crippen molar-refractivity contribution in [2.45, 2.75) is 13.8 Å². The summed E-state index contributed by atoms with van der Waals surface area (Å²) in [5, 5.41) is 12.1. The van der Waals surface area contributed by atoms with E-state index < -0.39 is 0 Å². The van der Waals surface area contributed by atoms with Gasteiger partial charge in [-0.1, -0.05) is 6.07 Å². The Labute approximate surface area is 203 Å². The van der Waals surface area contributed by atoms with Crippen molar-refractivity contribution < 1.29 is 9.53 Å². The Morgan fingerprint density at radius 1 is 1.23 bits per heavy atom. The number of nitrogens with one attached hydrogen (secondary N) is 3. The number of benzene rings is 1. The van der Waals surface area contributed by atoms with Crippen LogP contribution in [-0.2, 0) is 11.8 Å². The van der Waals surface area contributed by atoms with Crippen LogP contribution in [0.5, 0.6) is 5.75 Å². The molecule has 0 aliphatic rings. The van der Waals surface area contributed by atoms with E-state index in [1.54, 1.807) is 57.4 Å². The molecule has 0 unspecified atom stereocenters. The highest BCUT2D eigenvalue weighted by Gasteiger charge is 2.17. The van der Waals surface area contributed by atoms with Crippen LogP contribution in [0.4, 0.5) is 23.0 Å². The molecular formula is C23H30N10O2. The summed E-state index contributed by atoms with van der Waals surface area (Å²) in [6.45, 7) is 3.63. The van der Waals surface area contributed by atoms with Gasteiger partial charge in [-0.25, -0.2) is 9.97 Å². The van der Waals surface area contributed by atoms with Crippen LogP contribution in [-0.4, -0.2) is 45.3 Å². The van der Waals surface area contributed by atoms with Crippen LogP contribution in [0.3, 0.4) is 0 Å². The lowest BCUT2D eigenvalue weighted by Gasteiger charge is -2.21. The van der Waals surface area contributed by atoms with Gasteiger partial charge in [0.2, 0.25) is 6.41 Å². The first-order chi connectivity index (χ1) is 16.7. The fraction of sp³-hybridized carbons (Fsp3) is 0.217. The van der Waals surface area contributed by atoms with Crippen molar-refractivity contribution >= 4 is 29.4 Å². The van der Waals surface area contributed by atoms with E-state index in [9.17, 15) is 4.79 Å². The maximum atomic E-state index is 11.2. The van der Waals surface area contributed by atoms with E-state index in [2.05, 4.69) is 31.1 Å². The number of nitrogens with two attached hydrogens (primary N) is 2. The lowest BCUT2D eigenvalue weighted by molar-refractivity contribution is -0.115. The zero-order chi connectivity index (χ0) is 25.5. The van der Waals surface area contributed by atoms with E-state index in [4.69, 9.17) is 16.2 Å². The predicted octanol–water partition coefficient (Wildman–Crippen LogP) is 2.43. The lowest BCUT2D eigenvalue weighted by atomic mass is 10.1. The SMILES string of the molecule is COc1c(Nc2cc(N/C(N)=C/C=C(/C)N)nc(NN(C)C=O)c2C)cccc1-c1ncn(C)n1. The molecule has 0 fully saturated rings. The van der Waals surface area contributed by atoms with Gasteiger partial charge >= 0.3 is 0 Å². The number of amides is 1. The molecule has 0 aliphatic carbocycles. The van der Waals surface area contributed by atoms with E-state index >= 15 is 0 Å². The molecule has 3 rings (SSSR count). The third-order valence-corrected chi connectivity index (χ3v) is 4.84. The highest BCUT2D eigenvalue weighted by molar-refractivity contribution is 5.80. The third kappa shape index (κ3) is 6.19. The van der Waals surface area contributed by atoms with Crippen molar-refractivity contribution in [3.63, 3.8) is 0 Å². The molecule has 1 amide bonds. The van der Waals surface area contributed by atoms with Crippen molar-refractivity contribution in [2.75, 3.05) is 30.2 Å². The summed E-state index contributed by atoms with van der Waals surface area (Å²) >= 11 is 0. The highest BCUT2D eigenvalue weighted by atomic mass is 16.5. The monoisotopic (exact) mass is 478 g/mol. The summed E-state index contributed by atoms with van der Waals surface area (Å²) in [6, 6.07) is 7.45. The third-order valence-electron chi connectivity index (χ3n) is 4.84. The largest absolute Gasteiger partial charge is 0.494 e. The number of hydrogen-bond donors (Lipinski definition) is 5. The molecule has 2 heterocycles. The Bertz CT molecular complexity index is 1260. The number of nitrogens with zero attached hydrogens (tertiary/aromatic N) is 5. The summed E-state index contributed by atoms with van der Waals surface area (Å²) in [7, 11) is 4.97. The molecule has 0 bridgehead atoms. The van der Waals surface area contributed by atoms with E-state index in [-0.39, 0.29) is 0 Å². The number of aromatic nitrogens is 4. The molecule has 0 aliphatic heterocycles. The molecule has 1 aromatic carbocycles. The Morgan fingerprint density at radius 3 is 2.63 bits per heavy atom. The Hall–Kier alpha value is -4.74. The number of allylic oxidation sites excluding steroid dienone is 3. The second-order valence-corrected chi connectivity index (χ2v) is 7.77. The second-order valence-electron chi connectivity index (χ2n) is 7.77. The van der Waals surface area contributed by atoms with Gasteiger partial charge in [0.05, 0.1) is 18.4 Å². The summed E-state index contributed by atoms with van der Waals surface area (Å²) in [6.07, 6.45) is 5.59. The lowest BCUT2D eigenvalue weighted by Crippen LogP contribution is -2.25. The van der Waals surface area contributed by atoms with E-state index in [0.29, 0.717) is 52.5 Å². The number of aryl methyl sites for hydroxylation is 1. The number of hydrazine groups is 1. The van der Waals surface area contributed by atoms with Crippen molar-refractivity contribution in [3.05, 3.63) is 59.8 Å². The van der Waals surface area contributed by atoms with Crippen LogP contribution in [0.25, 0.3) is 11.4 Å². The minimum absolute atomic E-state index is 0.340. The van der Waals surface area contributed by atoms with Gasteiger partial charge in [0.1, 0.15) is 18.0 Å². The van der Waals surface area contributed by atoms with Crippen LogP contribution in [0, 0.1) is 6.92 Å². The number of hydrogen-bond acceptors (Lipinski definition) is 10. The number of methoxy groups -OCH3 is 1. The normalized spacial score (nSPS) is 11.7. The molecule has 12 nitrogen and oxygen atoms in total. The van der Waals surface area contributed by atoms with E-state index in [1.165, 1.54) is 5.01 Å². The molecule has 0 atom stereocenters. The Kier molecular flexibility index (Phi) is 7.77. The molecule has 0 spiro atoms. The first-order valence-electron chi connectivity index (χ1n) is 10.6. The number of para-hydroxylation sites is 1. The molecule has 184 valence electrons. The zero-order valence-electron chi connectivity index (χ0n) is 20.3. The maximum Gasteiger partial charge on any atom is 0.227 e. The predicted molar refractivity (Wildman–Crippen MR) is 137 cm³/mol. The van der Waals surface area contributed by atoms with Crippen molar-refractivity contribution in [1.29, 1.82) is 0 Å². The van der Waals surface area contributed by atoms with Crippen molar-refractivity contribution in [3.8, 4) is 17.1 Å². The molecule has 0 saturated heterocycles. The number of ether oxygens (including phenoxy) is 1. The minimum Gasteiger partial charge on any atom is -0.494 e. The molecule has 2 aromatic heterocycles. The fourth-order valence-corrected chi connectivity index (χ4v) is 3.16. The Balaban J connectivity index is 2.05. The van der Waals surface area contributed by atoms with Gasteiger partial charge in [0, 0.05) is 37.1 Å². The minimum atomic E-state index is 0.340. The topological polar surface area (TPSA) is 161 Å². The molecule has 0 saturated carbocycles. The van der Waals surface area contributed by atoms with Crippen LogP contribution >= 0.6 is 0 Å². The molecule has 7 N–H and O–H groups in total. The summed E-state index contributed by atoms with van der Waals surface area (Å²) < 4.78 is 7.34. The van der Waals surface area contributed by atoms with Gasteiger partial charge in [-0.3, -0.25) is 19.9 Å². The van der Waals surface area contributed by atoms with Crippen LogP contribution < -0.4 is 32.3 Å². The average Bonchev–Trinajstić information content (AvgIpc) is 3.26. The van der Waals surface area contributed by atoms with E-state index in [0.717, 1.165) is 11.1 Å². The van der Waals surface area contributed by atoms with Crippen LogP contribution in [0.15, 0.2) is 54.3 Å². The van der Waals surface area contributed by atoms with Gasteiger partial charge in [-0.05, 0) is 38.1 Å². The number of anilines is 4. The highest BCUT2D eigenvalue weighted by Crippen LogP contribution is 2.38. The van der Waals surface area contributed by atoms with Gasteiger partial charge in [-0.15, -0.1) is 0 Å².